The van der Waals surface area contributed by atoms with Crippen LogP contribution in [0.4, 0.5) is 0 Å². The van der Waals surface area contributed by atoms with Gasteiger partial charge in [-0.3, -0.25) is 14.3 Å². The molecule has 2 rings (SSSR count). The molecule has 0 spiro atoms. The highest BCUT2D eigenvalue weighted by Gasteiger charge is 2.04. The van der Waals surface area contributed by atoms with Crippen molar-refractivity contribution in [2.24, 2.45) is 0 Å². The second-order valence-corrected chi connectivity index (χ2v) is 4.20. The van der Waals surface area contributed by atoms with Crippen molar-refractivity contribution in [2.75, 3.05) is 20.2 Å². The minimum Gasteiger partial charge on any atom is -0.395 e. The quantitative estimate of drug-likeness (QED) is 0.724. The first-order chi connectivity index (χ1) is 8.78. The number of likely N-dealkylation sites (N-methyl/N-ethyl adjacent to an activating group) is 1. The molecule has 0 atom stereocenters. The predicted octanol–water partition coefficient (Wildman–Crippen LogP) is -0.401. The Hall–Kier alpha value is -1.73. The highest BCUT2D eigenvalue weighted by Crippen LogP contribution is 1.98. The van der Waals surface area contributed by atoms with Gasteiger partial charge in [-0.25, -0.2) is 0 Å². The Kier molecular flexibility index (Phi) is 4.43. The lowest BCUT2D eigenvalue weighted by Gasteiger charge is -2.11. The van der Waals surface area contributed by atoms with E-state index in [1.165, 1.54) is 0 Å². The molecule has 18 heavy (non-hydrogen) atoms. The number of aryl methyl sites for hydroxylation is 2. The Morgan fingerprint density at radius 2 is 2.17 bits per heavy atom. The topological polar surface area (TPSA) is 72.0 Å². The van der Waals surface area contributed by atoms with Crippen LogP contribution in [-0.2, 0) is 19.6 Å². The molecule has 2 heterocycles. The van der Waals surface area contributed by atoms with Crippen molar-refractivity contribution in [1.29, 1.82) is 0 Å². The molecule has 7 nitrogen and oxygen atoms in total. The van der Waals surface area contributed by atoms with Crippen LogP contribution in [0.15, 0.2) is 24.7 Å². The van der Waals surface area contributed by atoms with Crippen LogP contribution in [0.25, 0.3) is 0 Å². The summed E-state index contributed by atoms with van der Waals surface area (Å²) >= 11 is 0. The number of aromatic nitrogens is 5. The molecular formula is C11H18N6O. The van der Waals surface area contributed by atoms with Gasteiger partial charge < -0.3 is 5.11 Å². The van der Waals surface area contributed by atoms with Crippen molar-refractivity contribution in [2.45, 2.75) is 19.6 Å². The van der Waals surface area contributed by atoms with Gasteiger partial charge in [-0.15, -0.1) is 5.10 Å². The molecule has 0 saturated heterocycles. The summed E-state index contributed by atoms with van der Waals surface area (Å²) in [5.74, 6) is 0. The van der Waals surface area contributed by atoms with E-state index in [1.54, 1.807) is 6.20 Å². The van der Waals surface area contributed by atoms with Crippen LogP contribution < -0.4 is 0 Å². The maximum Gasteiger partial charge on any atom is 0.0967 e. The van der Waals surface area contributed by atoms with Crippen molar-refractivity contribution in [3.63, 3.8) is 0 Å². The summed E-state index contributed by atoms with van der Waals surface area (Å²) < 4.78 is 3.67. The lowest BCUT2D eigenvalue weighted by atomic mass is 10.4. The van der Waals surface area contributed by atoms with E-state index in [4.69, 9.17) is 5.11 Å². The number of hydrogen-bond donors (Lipinski definition) is 1. The zero-order valence-electron chi connectivity index (χ0n) is 10.5. The lowest BCUT2D eigenvalue weighted by molar-refractivity contribution is 0.216. The fraction of sp³-hybridized carbons (Fsp3) is 0.545. The zero-order chi connectivity index (χ0) is 12.8. The maximum atomic E-state index is 8.82. The number of rotatable bonds is 7. The number of aliphatic hydroxyl groups excluding tert-OH is 1. The summed E-state index contributed by atoms with van der Waals surface area (Å²) in [6, 6.07) is 1.90. The van der Waals surface area contributed by atoms with E-state index in [0.29, 0.717) is 13.1 Å². The van der Waals surface area contributed by atoms with Crippen molar-refractivity contribution < 1.29 is 5.11 Å². The van der Waals surface area contributed by atoms with Gasteiger partial charge in [0.2, 0.25) is 0 Å². The molecule has 7 heteroatoms. The van der Waals surface area contributed by atoms with E-state index in [2.05, 4.69) is 15.4 Å². The molecule has 0 aliphatic rings. The van der Waals surface area contributed by atoms with Gasteiger partial charge in [-0.2, -0.15) is 5.10 Å². The number of hydrogen-bond acceptors (Lipinski definition) is 5. The molecule has 2 aromatic heterocycles. The van der Waals surface area contributed by atoms with Gasteiger partial charge in [-0.1, -0.05) is 5.21 Å². The molecule has 98 valence electrons. The number of nitrogens with zero attached hydrogens (tertiary/aromatic N) is 6. The highest BCUT2D eigenvalue weighted by atomic mass is 16.3. The normalized spacial score (nSPS) is 11.3. The van der Waals surface area contributed by atoms with Crippen LogP contribution >= 0.6 is 0 Å². The lowest BCUT2D eigenvalue weighted by Crippen LogP contribution is -2.21. The standard InChI is InChI=1S/C11H18N6O/c1-15(7-8-18)9-11-10-17(14-13-11)6-5-16-4-2-3-12-16/h2-4,10,18H,5-9H2,1H3. The molecule has 0 unspecified atom stereocenters. The van der Waals surface area contributed by atoms with Gasteiger partial charge in [0.25, 0.3) is 0 Å². The summed E-state index contributed by atoms with van der Waals surface area (Å²) in [5.41, 5.74) is 0.909. The van der Waals surface area contributed by atoms with Crippen LogP contribution in [0.5, 0.6) is 0 Å². The van der Waals surface area contributed by atoms with Gasteiger partial charge in [0.1, 0.15) is 0 Å². The molecule has 0 aliphatic carbocycles. The van der Waals surface area contributed by atoms with Gasteiger partial charge in [0.05, 0.1) is 25.4 Å². The van der Waals surface area contributed by atoms with E-state index in [0.717, 1.165) is 18.8 Å². The predicted molar refractivity (Wildman–Crippen MR) is 65.7 cm³/mol. The first-order valence-corrected chi connectivity index (χ1v) is 5.94. The van der Waals surface area contributed by atoms with Crippen LogP contribution in [0.2, 0.25) is 0 Å². The summed E-state index contributed by atoms with van der Waals surface area (Å²) in [6.07, 6.45) is 5.61. The zero-order valence-corrected chi connectivity index (χ0v) is 10.5. The molecule has 2 aromatic rings. The fourth-order valence-electron chi connectivity index (χ4n) is 1.68. The second-order valence-electron chi connectivity index (χ2n) is 4.20. The fourth-order valence-corrected chi connectivity index (χ4v) is 1.68. The smallest absolute Gasteiger partial charge is 0.0967 e. The Bertz CT molecular complexity index is 452. The average molecular weight is 250 g/mol. The van der Waals surface area contributed by atoms with Gasteiger partial charge >= 0.3 is 0 Å². The molecule has 0 aromatic carbocycles. The number of aliphatic hydroxyl groups is 1. The molecular weight excluding hydrogens is 232 g/mol. The molecule has 0 radical (unpaired) electrons. The van der Waals surface area contributed by atoms with Crippen LogP contribution in [-0.4, -0.2) is 55.0 Å². The molecule has 0 saturated carbocycles. The van der Waals surface area contributed by atoms with E-state index >= 15 is 0 Å². The first-order valence-electron chi connectivity index (χ1n) is 5.94. The summed E-state index contributed by atoms with van der Waals surface area (Å²) in [5, 5.41) is 21.1. The van der Waals surface area contributed by atoms with Crippen LogP contribution in [0.1, 0.15) is 5.69 Å². The third kappa shape index (κ3) is 3.64. The van der Waals surface area contributed by atoms with E-state index in [-0.39, 0.29) is 6.61 Å². The minimum atomic E-state index is 0.157. The average Bonchev–Trinajstić information content (AvgIpc) is 2.97. The van der Waals surface area contributed by atoms with Crippen LogP contribution in [0, 0.1) is 0 Å². The van der Waals surface area contributed by atoms with Crippen molar-refractivity contribution in [3.05, 3.63) is 30.4 Å². The molecule has 0 aliphatic heterocycles. The van der Waals surface area contributed by atoms with Crippen molar-refractivity contribution in [3.8, 4) is 0 Å². The molecule has 0 bridgehead atoms. The van der Waals surface area contributed by atoms with E-state index in [1.807, 2.05) is 39.8 Å². The summed E-state index contributed by atoms with van der Waals surface area (Å²) in [6.45, 7) is 3.02. The Balaban J connectivity index is 1.82. The largest absolute Gasteiger partial charge is 0.395 e. The van der Waals surface area contributed by atoms with Gasteiger partial charge in [0, 0.05) is 31.7 Å². The van der Waals surface area contributed by atoms with E-state index in [9.17, 15) is 0 Å². The minimum absolute atomic E-state index is 0.157. The van der Waals surface area contributed by atoms with Gasteiger partial charge in [-0.05, 0) is 13.1 Å². The third-order valence-electron chi connectivity index (χ3n) is 2.62. The Labute approximate surface area is 106 Å². The monoisotopic (exact) mass is 250 g/mol. The first kappa shape index (κ1) is 12.7. The highest BCUT2D eigenvalue weighted by molar-refractivity contribution is 4.91. The molecule has 0 fully saturated rings. The maximum absolute atomic E-state index is 8.82. The van der Waals surface area contributed by atoms with Crippen molar-refractivity contribution in [1.82, 2.24) is 29.7 Å². The Morgan fingerprint density at radius 3 is 2.89 bits per heavy atom. The SMILES string of the molecule is CN(CCO)Cc1cn(CCn2cccn2)nn1. The third-order valence-corrected chi connectivity index (χ3v) is 2.62. The summed E-state index contributed by atoms with van der Waals surface area (Å²) in [7, 11) is 1.94. The summed E-state index contributed by atoms with van der Waals surface area (Å²) in [4.78, 5) is 2.00. The Morgan fingerprint density at radius 1 is 1.33 bits per heavy atom. The molecule has 1 N–H and O–H groups in total. The van der Waals surface area contributed by atoms with Gasteiger partial charge in [0.15, 0.2) is 0 Å². The molecule has 0 amide bonds. The van der Waals surface area contributed by atoms with E-state index < -0.39 is 0 Å². The van der Waals surface area contributed by atoms with Crippen LogP contribution in [0.3, 0.4) is 0 Å². The van der Waals surface area contributed by atoms with Crippen molar-refractivity contribution >= 4 is 0 Å². The second kappa shape index (κ2) is 6.27.